The third kappa shape index (κ3) is 4.14. The number of carbonyl (C=O) groups is 2. The van der Waals surface area contributed by atoms with Crippen molar-refractivity contribution in [2.75, 3.05) is 20.3 Å². The third-order valence-electron chi connectivity index (χ3n) is 4.92. The maximum absolute atomic E-state index is 12.6. The van der Waals surface area contributed by atoms with Gasteiger partial charge < -0.3 is 19.0 Å². The molecule has 0 radical (unpaired) electrons. The van der Waals surface area contributed by atoms with Gasteiger partial charge in [0.1, 0.15) is 5.69 Å². The van der Waals surface area contributed by atoms with Gasteiger partial charge in [-0.2, -0.15) is 0 Å². The Labute approximate surface area is 168 Å². The Balaban J connectivity index is 1.75. The molecule has 7 heteroatoms. The second kappa shape index (κ2) is 8.45. The number of ether oxygens (including phenoxy) is 2. The van der Waals surface area contributed by atoms with E-state index in [4.69, 9.17) is 9.47 Å². The number of pyridine rings is 1. The average Bonchev–Trinajstić information content (AvgIpc) is 3.00. The van der Waals surface area contributed by atoms with Gasteiger partial charge in [-0.1, -0.05) is 12.1 Å². The quantitative estimate of drug-likeness (QED) is 0.489. The molecule has 0 bridgehead atoms. The van der Waals surface area contributed by atoms with Crippen molar-refractivity contribution in [2.24, 2.45) is 0 Å². The fourth-order valence-corrected chi connectivity index (χ4v) is 3.65. The van der Waals surface area contributed by atoms with Gasteiger partial charge in [0.25, 0.3) is 0 Å². The van der Waals surface area contributed by atoms with Crippen LogP contribution >= 0.6 is 0 Å². The van der Waals surface area contributed by atoms with Crippen LogP contribution in [0.15, 0.2) is 41.2 Å². The van der Waals surface area contributed by atoms with E-state index in [0.717, 1.165) is 11.4 Å². The molecule has 0 amide bonds. The van der Waals surface area contributed by atoms with Crippen molar-refractivity contribution in [3.63, 3.8) is 0 Å². The second-order valence-corrected chi connectivity index (χ2v) is 7.05. The Kier molecular flexibility index (Phi) is 5.98. The zero-order chi connectivity index (χ0) is 21.1. The van der Waals surface area contributed by atoms with Crippen molar-refractivity contribution in [3.8, 4) is 0 Å². The minimum Gasteiger partial charge on any atom is -0.453 e. The number of nitrogens with zero attached hydrogens (tertiary/aromatic N) is 1. The molecule has 0 saturated heterocycles. The standard InChI is InChI=1S/C22H24N2O5/c1-13-9-17(15(3)24(13)14(2)11-28-4)21(26)12-29-22(27)19-10-20(25)16-7-5-6-8-18(16)23-19/h5-10,14H,11-12H2,1-4H3,(H,23,25)/t14-/m0/s1. The third-order valence-corrected chi connectivity index (χ3v) is 4.92. The lowest BCUT2D eigenvalue weighted by atomic mass is 10.1. The highest BCUT2D eigenvalue weighted by molar-refractivity contribution is 6.00. The summed E-state index contributed by atoms with van der Waals surface area (Å²) < 4.78 is 12.4. The first-order valence-electron chi connectivity index (χ1n) is 9.33. The van der Waals surface area contributed by atoms with E-state index >= 15 is 0 Å². The number of carbonyl (C=O) groups excluding carboxylic acids is 2. The van der Waals surface area contributed by atoms with Gasteiger partial charge >= 0.3 is 5.97 Å². The van der Waals surface area contributed by atoms with Crippen molar-refractivity contribution in [1.29, 1.82) is 0 Å². The van der Waals surface area contributed by atoms with E-state index < -0.39 is 12.6 Å². The summed E-state index contributed by atoms with van der Waals surface area (Å²) >= 11 is 0. The van der Waals surface area contributed by atoms with E-state index in [1.807, 2.05) is 25.3 Å². The van der Waals surface area contributed by atoms with Gasteiger partial charge in [0.2, 0.25) is 5.78 Å². The molecular formula is C22H24N2O5. The molecular weight excluding hydrogens is 372 g/mol. The maximum Gasteiger partial charge on any atom is 0.355 e. The van der Waals surface area contributed by atoms with E-state index in [0.29, 0.717) is 23.1 Å². The fourth-order valence-electron chi connectivity index (χ4n) is 3.65. The summed E-state index contributed by atoms with van der Waals surface area (Å²) in [5, 5.41) is 0.484. The van der Waals surface area contributed by atoms with Crippen LogP contribution in [0.4, 0.5) is 0 Å². The SMILES string of the molecule is COC[C@H](C)n1c(C)cc(C(=O)COC(=O)c2cc(=O)c3ccccc3[nH]2)c1C. The number of rotatable bonds is 7. The van der Waals surface area contributed by atoms with Gasteiger partial charge in [0.15, 0.2) is 12.0 Å². The predicted octanol–water partition coefficient (Wildman–Crippen LogP) is 3.19. The first-order valence-corrected chi connectivity index (χ1v) is 9.33. The number of aryl methyl sites for hydroxylation is 1. The molecule has 0 fully saturated rings. The van der Waals surface area contributed by atoms with E-state index in [2.05, 4.69) is 4.98 Å². The van der Waals surface area contributed by atoms with Crippen LogP contribution in [0.3, 0.4) is 0 Å². The number of aromatic amines is 1. The van der Waals surface area contributed by atoms with Gasteiger partial charge in [-0.05, 0) is 39.0 Å². The fraction of sp³-hybridized carbons (Fsp3) is 0.318. The molecule has 0 aliphatic heterocycles. The molecule has 1 aromatic carbocycles. The van der Waals surface area contributed by atoms with Gasteiger partial charge in [0.05, 0.1) is 12.6 Å². The Hall–Kier alpha value is -3.19. The summed E-state index contributed by atoms with van der Waals surface area (Å²) in [5.74, 6) is -1.05. The van der Waals surface area contributed by atoms with Gasteiger partial charge in [0, 0.05) is 41.0 Å². The Morgan fingerprint density at radius 1 is 1.17 bits per heavy atom. The summed E-state index contributed by atoms with van der Waals surface area (Å²) in [5.41, 5.74) is 2.50. The molecule has 7 nitrogen and oxygen atoms in total. The topological polar surface area (TPSA) is 90.4 Å². The Morgan fingerprint density at radius 2 is 1.90 bits per heavy atom. The molecule has 1 atom stereocenters. The molecule has 0 unspecified atom stereocenters. The number of nitrogens with one attached hydrogen (secondary N) is 1. The van der Waals surface area contributed by atoms with Crippen molar-refractivity contribution >= 4 is 22.7 Å². The highest BCUT2D eigenvalue weighted by Crippen LogP contribution is 2.21. The molecule has 0 spiro atoms. The number of fused-ring (bicyclic) bond motifs is 1. The largest absolute Gasteiger partial charge is 0.453 e. The summed E-state index contributed by atoms with van der Waals surface area (Å²) in [4.78, 5) is 40.0. The predicted molar refractivity (Wildman–Crippen MR) is 110 cm³/mol. The van der Waals surface area contributed by atoms with Crippen LogP contribution in [0.25, 0.3) is 10.9 Å². The van der Waals surface area contributed by atoms with Crippen LogP contribution in [-0.4, -0.2) is 41.6 Å². The summed E-state index contributed by atoms with van der Waals surface area (Å²) in [6.07, 6.45) is 0. The molecule has 152 valence electrons. The zero-order valence-corrected chi connectivity index (χ0v) is 16.9. The highest BCUT2D eigenvalue weighted by atomic mass is 16.5. The van der Waals surface area contributed by atoms with Crippen molar-refractivity contribution in [2.45, 2.75) is 26.8 Å². The molecule has 0 aliphatic rings. The normalized spacial score (nSPS) is 12.1. The minimum atomic E-state index is -0.747. The number of aromatic nitrogens is 2. The van der Waals surface area contributed by atoms with Crippen LogP contribution in [0.2, 0.25) is 0 Å². The van der Waals surface area contributed by atoms with E-state index in [-0.39, 0.29) is 22.9 Å². The number of methoxy groups -OCH3 is 1. The molecule has 29 heavy (non-hydrogen) atoms. The first kappa shape index (κ1) is 20.5. The number of esters is 1. The van der Waals surface area contributed by atoms with Crippen LogP contribution in [0.5, 0.6) is 0 Å². The van der Waals surface area contributed by atoms with Crippen molar-refractivity contribution < 1.29 is 19.1 Å². The zero-order valence-electron chi connectivity index (χ0n) is 16.9. The lowest BCUT2D eigenvalue weighted by Crippen LogP contribution is -2.18. The molecule has 0 saturated carbocycles. The summed E-state index contributed by atoms with van der Waals surface area (Å²) in [6, 6.07) is 9.94. The first-order chi connectivity index (χ1) is 13.8. The lowest BCUT2D eigenvalue weighted by Gasteiger charge is -2.17. The average molecular weight is 396 g/mol. The van der Waals surface area contributed by atoms with Crippen LogP contribution in [0, 0.1) is 13.8 Å². The molecule has 0 aliphatic carbocycles. The molecule has 3 rings (SSSR count). The number of H-pyrrole nitrogens is 1. The lowest BCUT2D eigenvalue weighted by molar-refractivity contribution is 0.0469. The number of hydrogen-bond donors (Lipinski definition) is 1. The van der Waals surface area contributed by atoms with E-state index in [9.17, 15) is 14.4 Å². The van der Waals surface area contributed by atoms with Crippen molar-refractivity contribution in [1.82, 2.24) is 9.55 Å². The Morgan fingerprint density at radius 3 is 2.62 bits per heavy atom. The number of para-hydroxylation sites is 1. The number of hydrogen-bond acceptors (Lipinski definition) is 5. The van der Waals surface area contributed by atoms with Gasteiger partial charge in [-0.3, -0.25) is 9.59 Å². The van der Waals surface area contributed by atoms with Crippen LogP contribution < -0.4 is 5.43 Å². The van der Waals surface area contributed by atoms with Gasteiger partial charge in [-0.15, -0.1) is 0 Å². The monoisotopic (exact) mass is 396 g/mol. The summed E-state index contributed by atoms with van der Waals surface area (Å²) in [7, 11) is 1.63. The minimum absolute atomic E-state index is 0.0145. The van der Waals surface area contributed by atoms with Gasteiger partial charge in [-0.25, -0.2) is 4.79 Å². The highest BCUT2D eigenvalue weighted by Gasteiger charge is 2.20. The molecule has 2 heterocycles. The number of ketones is 1. The van der Waals surface area contributed by atoms with Crippen LogP contribution in [0.1, 0.15) is 45.2 Å². The maximum atomic E-state index is 12.6. The number of benzene rings is 1. The second-order valence-electron chi connectivity index (χ2n) is 7.05. The smallest absolute Gasteiger partial charge is 0.355 e. The summed E-state index contributed by atoms with van der Waals surface area (Å²) in [6.45, 7) is 5.90. The molecule has 2 aromatic heterocycles. The Bertz CT molecular complexity index is 1130. The number of Topliss-reactive ketones (excluding diaryl/α,β-unsaturated/α-hetero) is 1. The van der Waals surface area contributed by atoms with Crippen molar-refractivity contribution in [3.05, 3.63) is 69.3 Å². The van der Waals surface area contributed by atoms with Crippen LogP contribution in [-0.2, 0) is 9.47 Å². The van der Waals surface area contributed by atoms with E-state index in [1.54, 1.807) is 37.4 Å². The molecule has 1 N–H and O–H groups in total. The van der Waals surface area contributed by atoms with E-state index in [1.165, 1.54) is 6.07 Å². The molecule has 3 aromatic rings.